The van der Waals surface area contributed by atoms with E-state index in [1.165, 1.54) is 44.5 Å². The SMILES string of the molecule is COc1ccc(NS(=O)(=O)c2ccc(NC(C)=O)cc2)cn1. The van der Waals surface area contributed by atoms with Crippen LogP contribution in [0.15, 0.2) is 47.5 Å². The van der Waals surface area contributed by atoms with E-state index < -0.39 is 10.0 Å². The minimum atomic E-state index is -3.72. The van der Waals surface area contributed by atoms with Crippen LogP contribution in [0, 0.1) is 0 Å². The third kappa shape index (κ3) is 3.95. The molecule has 0 aliphatic carbocycles. The summed E-state index contributed by atoms with van der Waals surface area (Å²) in [7, 11) is -2.25. The van der Waals surface area contributed by atoms with Crippen LogP contribution in [0.1, 0.15) is 6.92 Å². The second-order valence-electron chi connectivity index (χ2n) is 4.40. The van der Waals surface area contributed by atoms with Gasteiger partial charge in [0.25, 0.3) is 10.0 Å². The number of nitrogens with zero attached hydrogens (tertiary/aromatic N) is 1. The number of ether oxygens (including phenoxy) is 1. The molecule has 0 fully saturated rings. The topological polar surface area (TPSA) is 97.4 Å². The van der Waals surface area contributed by atoms with Crippen molar-refractivity contribution in [3.8, 4) is 5.88 Å². The van der Waals surface area contributed by atoms with Crippen molar-refractivity contribution in [2.75, 3.05) is 17.1 Å². The minimum Gasteiger partial charge on any atom is -0.481 e. The van der Waals surface area contributed by atoms with Gasteiger partial charge in [0.15, 0.2) is 0 Å². The van der Waals surface area contributed by atoms with Gasteiger partial charge < -0.3 is 10.1 Å². The summed E-state index contributed by atoms with van der Waals surface area (Å²) in [6, 6.07) is 8.95. The average Bonchev–Trinajstić information content (AvgIpc) is 2.47. The maximum atomic E-state index is 12.2. The molecule has 0 saturated heterocycles. The summed E-state index contributed by atoms with van der Waals surface area (Å²) >= 11 is 0. The smallest absolute Gasteiger partial charge is 0.261 e. The van der Waals surface area contributed by atoms with Crippen LogP contribution >= 0.6 is 0 Å². The number of hydrogen-bond donors (Lipinski definition) is 2. The number of amides is 1. The fourth-order valence-corrected chi connectivity index (χ4v) is 2.74. The second-order valence-corrected chi connectivity index (χ2v) is 6.08. The van der Waals surface area contributed by atoms with E-state index in [-0.39, 0.29) is 10.8 Å². The fraction of sp³-hybridized carbons (Fsp3) is 0.143. The van der Waals surface area contributed by atoms with Crippen LogP contribution < -0.4 is 14.8 Å². The molecule has 1 heterocycles. The number of carbonyl (C=O) groups is 1. The van der Waals surface area contributed by atoms with Crippen molar-refractivity contribution in [1.29, 1.82) is 0 Å². The molecule has 8 heteroatoms. The number of rotatable bonds is 5. The average molecular weight is 321 g/mol. The van der Waals surface area contributed by atoms with Crippen molar-refractivity contribution in [2.24, 2.45) is 0 Å². The van der Waals surface area contributed by atoms with Gasteiger partial charge in [0, 0.05) is 18.7 Å². The van der Waals surface area contributed by atoms with Gasteiger partial charge >= 0.3 is 0 Å². The van der Waals surface area contributed by atoms with Crippen LogP contribution in [-0.2, 0) is 14.8 Å². The fourth-order valence-electron chi connectivity index (χ4n) is 1.70. The van der Waals surface area contributed by atoms with Gasteiger partial charge in [0.1, 0.15) is 0 Å². The van der Waals surface area contributed by atoms with E-state index in [4.69, 9.17) is 4.74 Å². The van der Waals surface area contributed by atoms with Gasteiger partial charge in [-0.15, -0.1) is 0 Å². The molecule has 2 N–H and O–H groups in total. The van der Waals surface area contributed by atoms with Gasteiger partial charge in [-0.1, -0.05) is 0 Å². The molecule has 0 unspecified atom stereocenters. The molecule has 0 atom stereocenters. The molecule has 116 valence electrons. The molecule has 0 spiro atoms. The number of sulfonamides is 1. The first-order valence-corrected chi connectivity index (χ1v) is 7.79. The number of methoxy groups -OCH3 is 1. The maximum absolute atomic E-state index is 12.2. The highest BCUT2D eigenvalue weighted by Crippen LogP contribution is 2.19. The Labute approximate surface area is 128 Å². The van der Waals surface area contributed by atoms with E-state index in [1.807, 2.05) is 0 Å². The Kier molecular flexibility index (Phi) is 4.62. The molecule has 1 amide bonds. The van der Waals surface area contributed by atoms with E-state index in [0.717, 1.165) is 0 Å². The molecule has 0 bridgehead atoms. The molecular formula is C14H15N3O4S. The Hall–Kier alpha value is -2.61. The van der Waals surface area contributed by atoms with Crippen LogP contribution in [0.25, 0.3) is 0 Å². The summed E-state index contributed by atoms with van der Waals surface area (Å²) in [6.07, 6.45) is 1.36. The Morgan fingerprint density at radius 1 is 1.09 bits per heavy atom. The molecule has 2 aromatic rings. The van der Waals surface area contributed by atoms with Gasteiger partial charge in [-0.3, -0.25) is 9.52 Å². The number of aromatic nitrogens is 1. The lowest BCUT2D eigenvalue weighted by atomic mass is 10.3. The maximum Gasteiger partial charge on any atom is 0.261 e. The number of hydrogen-bond acceptors (Lipinski definition) is 5. The van der Waals surface area contributed by atoms with E-state index in [9.17, 15) is 13.2 Å². The van der Waals surface area contributed by atoms with E-state index in [0.29, 0.717) is 17.3 Å². The number of benzene rings is 1. The molecule has 1 aromatic heterocycles. The summed E-state index contributed by atoms with van der Waals surface area (Å²) in [5.41, 5.74) is 0.851. The molecule has 0 aliphatic heterocycles. The van der Waals surface area contributed by atoms with Crippen molar-refractivity contribution in [3.63, 3.8) is 0 Å². The van der Waals surface area contributed by atoms with E-state index >= 15 is 0 Å². The summed E-state index contributed by atoms with van der Waals surface area (Å²) in [4.78, 5) is 14.9. The summed E-state index contributed by atoms with van der Waals surface area (Å²) < 4.78 is 31.8. The molecule has 0 radical (unpaired) electrons. The van der Waals surface area contributed by atoms with Crippen molar-refractivity contribution >= 4 is 27.3 Å². The summed E-state index contributed by atoms with van der Waals surface area (Å²) in [6.45, 7) is 1.38. The zero-order valence-corrected chi connectivity index (χ0v) is 12.8. The lowest BCUT2D eigenvalue weighted by Crippen LogP contribution is -2.13. The van der Waals surface area contributed by atoms with Crippen LogP contribution in [0.2, 0.25) is 0 Å². The molecule has 1 aromatic carbocycles. The Bertz CT molecular complexity index is 756. The highest BCUT2D eigenvalue weighted by molar-refractivity contribution is 7.92. The molecule has 7 nitrogen and oxygen atoms in total. The van der Waals surface area contributed by atoms with Gasteiger partial charge in [0.05, 0.1) is 23.9 Å². The molecule has 2 rings (SSSR count). The van der Waals surface area contributed by atoms with Crippen molar-refractivity contribution in [3.05, 3.63) is 42.6 Å². The van der Waals surface area contributed by atoms with Crippen LogP contribution in [0.4, 0.5) is 11.4 Å². The first kappa shape index (κ1) is 15.8. The largest absolute Gasteiger partial charge is 0.481 e. The number of pyridine rings is 1. The Morgan fingerprint density at radius 3 is 2.23 bits per heavy atom. The van der Waals surface area contributed by atoms with Gasteiger partial charge in [-0.05, 0) is 30.3 Å². The summed E-state index contributed by atoms with van der Waals surface area (Å²) in [5, 5.41) is 2.57. The third-order valence-corrected chi connectivity index (χ3v) is 4.08. The lowest BCUT2D eigenvalue weighted by Gasteiger charge is -2.09. The molecule has 0 aliphatic rings. The number of carbonyl (C=O) groups excluding carboxylic acids is 1. The van der Waals surface area contributed by atoms with E-state index in [1.54, 1.807) is 12.1 Å². The minimum absolute atomic E-state index is 0.0809. The number of anilines is 2. The highest BCUT2D eigenvalue weighted by Gasteiger charge is 2.14. The van der Waals surface area contributed by atoms with Crippen LogP contribution in [0.3, 0.4) is 0 Å². The Morgan fingerprint density at radius 2 is 1.73 bits per heavy atom. The lowest BCUT2D eigenvalue weighted by molar-refractivity contribution is -0.114. The van der Waals surface area contributed by atoms with E-state index in [2.05, 4.69) is 15.0 Å². The summed E-state index contributed by atoms with van der Waals surface area (Å²) in [5.74, 6) is 0.167. The van der Waals surface area contributed by atoms with Gasteiger partial charge in [0.2, 0.25) is 11.8 Å². The number of nitrogens with one attached hydrogen (secondary N) is 2. The first-order valence-electron chi connectivity index (χ1n) is 6.31. The molecule has 0 saturated carbocycles. The molecule has 22 heavy (non-hydrogen) atoms. The van der Waals surface area contributed by atoms with Gasteiger partial charge in [-0.2, -0.15) is 0 Å². The third-order valence-electron chi connectivity index (χ3n) is 2.68. The van der Waals surface area contributed by atoms with Crippen molar-refractivity contribution in [1.82, 2.24) is 4.98 Å². The highest BCUT2D eigenvalue weighted by atomic mass is 32.2. The zero-order valence-electron chi connectivity index (χ0n) is 12.0. The predicted octanol–water partition coefficient (Wildman–Crippen LogP) is 1.85. The Balaban J connectivity index is 2.16. The first-order chi connectivity index (χ1) is 10.4. The van der Waals surface area contributed by atoms with Crippen molar-refractivity contribution < 1.29 is 17.9 Å². The van der Waals surface area contributed by atoms with Crippen LogP contribution in [-0.4, -0.2) is 26.4 Å². The van der Waals surface area contributed by atoms with Crippen LogP contribution in [0.5, 0.6) is 5.88 Å². The zero-order chi connectivity index (χ0) is 16.2. The normalized spacial score (nSPS) is 10.8. The molecular weight excluding hydrogens is 306 g/mol. The second kappa shape index (κ2) is 6.44. The standard InChI is InChI=1S/C14H15N3O4S/c1-10(18)16-11-3-6-13(7-4-11)22(19,20)17-12-5-8-14(21-2)15-9-12/h3-9,17H,1-2H3,(H,16,18). The quantitative estimate of drug-likeness (QED) is 0.876. The monoisotopic (exact) mass is 321 g/mol. The van der Waals surface area contributed by atoms with Gasteiger partial charge in [-0.25, -0.2) is 13.4 Å². The van der Waals surface area contributed by atoms with Crippen molar-refractivity contribution in [2.45, 2.75) is 11.8 Å². The predicted molar refractivity (Wildman–Crippen MR) is 82.3 cm³/mol.